The predicted octanol–water partition coefficient (Wildman–Crippen LogP) is 6.65. The first kappa shape index (κ1) is 35.7. The van der Waals surface area contributed by atoms with Crippen molar-refractivity contribution in [2.24, 2.45) is 5.41 Å². The van der Waals surface area contributed by atoms with E-state index in [-0.39, 0.29) is 40.9 Å². The molecule has 11 nitrogen and oxygen atoms in total. The van der Waals surface area contributed by atoms with E-state index in [1.54, 1.807) is 19.1 Å². The van der Waals surface area contributed by atoms with E-state index in [4.69, 9.17) is 15.2 Å². The number of carboxylic acid groups (broad SMARTS) is 1. The van der Waals surface area contributed by atoms with Crippen molar-refractivity contribution < 1.29 is 36.9 Å². The van der Waals surface area contributed by atoms with Crippen molar-refractivity contribution >= 4 is 17.7 Å². The molecule has 2 saturated heterocycles. The molecule has 0 aliphatic carbocycles. The number of aromatic nitrogens is 4. The first-order valence-corrected chi connectivity index (χ1v) is 17.1. The van der Waals surface area contributed by atoms with Crippen LogP contribution < -0.4 is 25.4 Å². The van der Waals surface area contributed by atoms with Crippen molar-refractivity contribution in [3.05, 3.63) is 108 Å². The molecule has 5 aromatic rings. The summed E-state index contributed by atoms with van der Waals surface area (Å²) in [6.07, 6.45) is -4.02. The number of nitrogens with one attached hydrogen (secondary N) is 1. The zero-order chi connectivity index (χ0) is 37.3. The molecule has 2 aromatic heterocycles. The second kappa shape index (κ2) is 14.4. The second-order valence-corrected chi connectivity index (χ2v) is 13.5. The number of hydrogen-bond acceptors (Lipinski definition) is 9. The Labute approximate surface area is 302 Å². The van der Waals surface area contributed by atoms with Gasteiger partial charge < -0.3 is 30.5 Å². The molecule has 4 N–H and O–H groups in total. The molecule has 15 heteroatoms. The molecule has 0 bridgehead atoms. The molecule has 1 spiro atoms. The molecule has 2 aliphatic rings. The minimum absolute atomic E-state index is 0.0394. The molecule has 276 valence electrons. The standard InChI is InChI=1S/C38H37F4N7O4/c1-23-11-14-49(47-23)30-18-26(25-8-10-31(28(39)17-25)52-21-24-5-3-2-4-6-24)7-9-27(30)34(38(40,41)42)53-33-19-32(45-36(43)46-33)48-15-12-37(13-16-48)20-29(35(50)51)44-22-37/h2-11,14,17-19,29,34,44H,12-13,15-16,20-22H2,1H3,(H,50,51)(H2,43,45,46)/t29-,34+/m0/s1. The largest absolute Gasteiger partial charge is 0.486 e. The van der Waals surface area contributed by atoms with E-state index < -0.39 is 30.1 Å². The van der Waals surface area contributed by atoms with Gasteiger partial charge in [0.05, 0.1) is 11.4 Å². The number of nitrogen functional groups attached to an aromatic ring is 1. The monoisotopic (exact) mass is 731 g/mol. The van der Waals surface area contributed by atoms with E-state index in [1.165, 1.54) is 47.3 Å². The molecule has 2 fully saturated rings. The van der Waals surface area contributed by atoms with Crippen LogP contribution in [-0.2, 0) is 11.4 Å². The molecule has 7 rings (SSSR count). The molecule has 0 radical (unpaired) electrons. The van der Waals surface area contributed by atoms with Crippen LogP contribution in [0.1, 0.15) is 42.2 Å². The van der Waals surface area contributed by atoms with E-state index in [0.717, 1.165) is 5.56 Å². The average Bonchev–Trinajstić information content (AvgIpc) is 3.76. The normalized spacial score (nSPS) is 17.5. The van der Waals surface area contributed by atoms with Gasteiger partial charge in [0.2, 0.25) is 17.9 Å². The predicted molar refractivity (Wildman–Crippen MR) is 188 cm³/mol. The van der Waals surface area contributed by atoms with Crippen molar-refractivity contribution in [1.29, 1.82) is 0 Å². The lowest BCUT2D eigenvalue weighted by Crippen LogP contribution is -2.41. The van der Waals surface area contributed by atoms with Gasteiger partial charge in [0, 0.05) is 37.5 Å². The van der Waals surface area contributed by atoms with Gasteiger partial charge in [-0.25, -0.2) is 9.07 Å². The Hall–Kier alpha value is -5.70. The molecule has 53 heavy (non-hydrogen) atoms. The van der Waals surface area contributed by atoms with Gasteiger partial charge >= 0.3 is 12.1 Å². The minimum Gasteiger partial charge on any atom is -0.486 e. The quantitative estimate of drug-likeness (QED) is 0.134. The van der Waals surface area contributed by atoms with Gasteiger partial charge in [0.1, 0.15) is 18.5 Å². The smallest absolute Gasteiger partial charge is 0.429 e. The number of nitrogens with two attached hydrogens (primary N) is 1. The molecule has 2 atom stereocenters. The first-order valence-electron chi connectivity index (χ1n) is 17.1. The zero-order valence-corrected chi connectivity index (χ0v) is 28.7. The third kappa shape index (κ3) is 7.89. The summed E-state index contributed by atoms with van der Waals surface area (Å²) in [6, 6.07) is 20.3. The van der Waals surface area contributed by atoms with Gasteiger partial charge in [-0.2, -0.15) is 28.2 Å². The molecule has 3 aromatic carbocycles. The van der Waals surface area contributed by atoms with Crippen LogP contribution in [0.25, 0.3) is 16.8 Å². The summed E-state index contributed by atoms with van der Waals surface area (Å²) in [4.78, 5) is 21.7. The number of aryl methyl sites for hydroxylation is 1. The van der Waals surface area contributed by atoms with E-state index in [9.17, 15) is 23.1 Å². The lowest BCUT2D eigenvalue weighted by Gasteiger charge is -2.39. The fourth-order valence-corrected chi connectivity index (χ4v) is 6.99. The van der Waals surface area contributed by atoms with Gasteiger partial charge in [0.15, 0.2) is 11.6 Å². The number of hydrogen-bond donors (Lipinski definition) is 3. The number of ether oxygens (including phenoxy) is 2. The summed E-state index contributed by atoms with van der Waals surface area (Å²) in [7, 11) is 0. The summed E-state index contributed by atoms with van der Waals surface area (Å²) < 4.78 is 72.8. The highest BCUT2D eigenvalue weighted by atomic mass is 19.4. The lowest BCUT2D eigenvalue weighted by molar-refractivity contribution is -0.198. The van der Waals surface area contributed by atoms with E-state index in [2.05, 4.69) is 20.4 Å². The molecule has 2 aliphatic heterocycles. The highest BCUT2D eigenvalue weighted by Crippen LogP contribution is 2.43. The van der Waals surface area contributed by atoms with Gasteiger partial charge in [-0.3, -0.25) is 4.79 Å². The second-order valence-electron chi connectivity index (χ2n) is 13.5. The minimum atomic E-state index is -4.91. The fraction of sp³-hybridized carbons (Fsp3) is 0.316. The maximum atomic E-state index is 15.2. The molecule has 0 saturated carbocycles. The third-order valence-electron chi connectivity index (χ3n) is 9.83. The van der Waals surface area contributed by atoms with Gasteiger partial charge in [0.25, 0.3) is 0 Å². The maximum Gasteiger partial charge on any atom is 0.429 e. The van der Waals surface area contributed by atoms with Crippen molar-refractivity contribution in [3.63, 3.8) is 0 Å². The van der Waals surface area contributed by atoms with E-state index >= 15 is 4.39 Å². The van der Waals surface area contributed by atoms with Crippen LogP contribution >= 0.6 is 0 Å². The molecular weight excluding hydrogens is 694 g/mol. The molecular formula is C38H37F4N7O4. The number of anilines is 2. The SMILES string of the molecule is Cc1ccn(-c2cc(-c3ccc(OCc4ccccc4)c(F)c3)ccc2[C@@H](Oc2cc(N3CCC4(CC3)CN[C@H](C(=O)O)C4)nc(N)n2)C(F)(F)F)n1. The molecule has 0 unspecified atom stereocenters. The van der Waals surface area contributed by atoms with Crippen molar-refractivity contribution in [2.45, 2.75) is 51.1 Å². The highest BCUT2D eigenvalue weighted by Gasteiger charge is 2.46. The number of nitrogens with zero attached hydrogens (tertiary/aromatic N) is 5. The van der Waals surface area contributed by atoms with Crippen molar-refractivity contribution in [2.75, 3.05) is 30.3 Å². The first-order chi connectivity index (χ1) is 25.4. The van der Waals surface area contributed by atoms with Crippen LogP contribution in [0.5, 0.6) is 11.6 Å². The summed E-state index contributed by atoms with van der Waals surface area (Å²) in [6.45, 7) is 3.45. The van der Waals surface area contributed by atoms with Gasteiger partial charge in [-0.1, -0.05) is 48.5 Å². The number of carbonyl (C=O) groups is 1. The number of piperidine rings is 1. The third-order valence-corrected chi connectivity index (χ3v) is 9.83. The van der Waals surface area contributed by atoms with Gasteiger partial charge in [-0.05, 0) is 72.6 Å². The number of halogens is 4. The Morgan fingerprint density at radius 3 is 2.43 bits per heavy atom. The number of carboxylic acids is 1. The van der Waals surface area contributed by atoms with Crippen LogP contribution in [0.15, 0.2) is 85.1 Å². The number of alkyl halides is 3. The fourth-order valence-electron chi connectivity index (χ4n) is 6.99. The molecule has 4 heterocycles. The maximum absolute atomic E-state index is 15.2. The summed E-state index contributed by atoms with van der Waals surface area (Å²) >= 11 is 0. The zero-order valence-electron chi connectivity index (χ0n) is 28.7. The highest BCUT2D eigenvalue weighted by molar-refractivity contribution is 5.74. The Kier molecular flexibility index (Phi) is 9.68. The Morgan fingerprint density at radius 2 is 1.77 bits per heavy atom. The van der Waals surface area contributed by atoms with E-state index in [1.807, 2.05) is 35.2 Å². The van der Waals surface area contributed by atoms with Crippen LogP contribution in [0, 0.1) is 18.2 Å². The van der Waals surface area contributed by atoms with Crippen LogP contribution in [0.4, 0.5) is 29.3 Å². The summed E-state index contributed by atoms with van der Waals surface area (Å²) in [5.41, 5.74) is 7.91. The number of rotatable bonds is 10. The summed E-state index contributed by atoms with van der Waals surface area (Å²) in [5.74, 6) is -1.80. The van der Waals surface area contributed by atoms with Gasteiger partial charge in [-0.15, -0.1) is 0 Å². The van der Waals surface area contributed by atoms with Crippen LogP contribution in [-0.4, -0.2) is 62.7 Å². The number of aliphatic carboxylic acids is 1. The lowest BCUT2D eigenvalue weighted by atomic mass is 9.76. The van der Waals surface area contributed by atoms with Crippen molar-refractivity contribution in [3.8, 4) is 28.4 Å². The van der Waals surface area contributed by atoms with E-state index in [0.29, 0.717) is 61.5 Å². The average molecular weight is 732 g/mol. The topological polar surface area (TPSA) is 141 Å². The van der Waals surface area contributed by atoms with Crippen LogP contribution in [0.3, 0.4) is 0 Å². The molecule has 0 amide bonds. The summed E-state index contributed by atoms with van der Waals surface area (Å²) in [5, 5.41) is 16.9. The number of benzene rings is 3. The Bertz CT molecular complexity index is 2100. The van der Waals surface area contributed by atoms with Crippen molar-refractivity contribution in [1.82, 2.24) is 25.1 Å². The Morgan fingerprint density at radius 1 is 1.04 bits per heavy atom. The van der Waals surface area contributed by atoms with Crippen LogP contribution in [0.2, 0.25) is 0 Å². The Balaban J connectivity index is 1.16.